The van der Waals surface area contributed by atoms with E-state index in [2.05, 4.69) is 13.2 Å². The van der Waals surface area contributed by atoms with Crippen molar-refractivity contribution in [3.05, 3.63) is 25.3 Å². The number of hydrogen-bond donors (Lipinski definition) is 2. The largest absolute Gasteiger partial charge is 0.465 e. The first-order valence-electron chi connectivity index (χ1n) is 3.99. The Hall–Kier alpha value is -1.29. The summed E-state index contributed by atoms with van der Waals surface area (Å²) in [6.07, 6.45) is 1.69. The van der Waals surface area contributed by atoms with Crippen molar-refractivity contribution < 1.29 is 15.0 Å². The van der Waals surface area contributed by atoms with E-state index in [0.29, 0.717) is 6.42 Å². The van der Waals surface area contributed by atoms with Crippen LogP contribution in [0.5, 0.6) is 0 Å². The molecule has 0 aliphatic heterocycles. The zero-order valence-corrected chi connectivity index (χ0v) is 7.52. The Bertz CT molecular complexity index is 191. The van der Waals surface area contributed by atoms with E-state index < -0.39 is 12.2 Å². The number of carbonyl (C=O) groups is 1. The number of rotatable bonds is 6. The summed E-state index contributed by atoms with van der Waals surface area (Å²) in [5.74, 6) is 0. The zero-order valence-electron chi connectivity index (χ0n) is 7.52. The van der Waals surface area contributed by atoms with Gasteiger partial charge in [-0.3, -0.25) is 0 Å². The van der Waals surface area contributed by atoms with Gasteiger partial charge in [0.15, 0.2) is 0 Å². The minimum atomic E-state index is -1.05. The van der Waals surface area contributed by atoms with Crippen LogP contribution in [0.1, 0.15) is 6.42 Å². The molecule has 0 heterocycles. The van der Waals surface area contributed by atoms with Gasteiger partial charge in [0.25, 0.3) is 0 Å². The molecule has 0 aromatic carbocycles. The standard InChI is InChI=1S/C9H15NO3/c1-3-5-8(11)7-10(6-4-2)9(12)13/h3-4,8,11H,1-2,5-7H2,(H,12,13). The van der Waals surface area contributed by atoms with Crippen molar-refractivity contribution in [2.45, 2.75) is 12.5 Å². The predicted molar refractivity (Wildman–Crippen MR) is 50.6 cm³/mol. The maximum atomic E-state index is 10.6. The normalized spacial score (nSPS) is 11.8. The molecule has 0 aromatic heterocycles. The smallest absolute Gasteiger partial charge is 0.407 e. The van der Waals surface area contributed by atoms with Crippen molar-refractivity contribution in [2.24, 2.45) is 0 Å². The minimum absolute atomic E-state index is 0.0906. The molecule has 0 radical (unpaired) electrons. The molecular formula is C9H15NO3. The fourth-order valence-corrected chi connectivity index (χ4v) is 0.908. The lowest BCUT2D eigenvalue weighted by Crippen LogP contribution is -2.36. The SMILES string of the molecule is C=CCC(O)CN(CC=C)C(=O)O. The van der Waals surface area contributed by atoms with Crippen LogP contribution < -0.4 is 0 Å². The highest BCUT2D eigenvalue weighted by Gasteiger charge is 2.13. The Morgan fingerprint density at radius 1 is 1.46 bits per heavy atom. The average molecular weight is 185 g/mol. The van der Waals surface area contributed by atoms with E-state index in [1.165, 1.54) is 6.08 Å². The Morgan fingerprint density at radius 3 is 2.46 bits per heavy atom. The second-order valence-corrected chi connectivity index (χ2v) is 2.65. The molecule has 74 valence electrons. The van der Waals surface area contributed by atoms with E-state index in [4.69, 9.17) is 5.11 Å². The summed E-state index contributed by atoms with van der Waals surface area (Å²) in [7, 11) is 0. The molecule has 0 fully saturated rings. The summed E-state index contributed by atoms with van der Waals surface area (Å²) in [4.78, 5) is 11.7. The van der Waals surface area contributed by atoms with Crippen LogP contribution in [0.4, 0.5) is 4.79 Å². The molecule has 0 saturated heterocycles. The van der Waals surface area contributed by atoms with E-state index >= 15 is 0 Å². The van der Waals surface area contributed by atoms with Gasteiger partial charge in [-0.1, -0.05) is 12.2 Å². The molecule has 1 amide bonds. The maximum Gasteiger partial charge on any atom is 0.407 e. The lowest BCUT2D eigenvalue weighted by molar-refractivity contribution is 0.103. The number of amides is 1. The van der Waals surface area contributed by atoms with Crippen molar-refractivity contribution >= 4 is 6.09 Å². The molecule has 0 rings (SSSR count). The zero-order chi connectivity index (χ0) is 10.3. The van der Waals surface area contributed by atoms with Crippen LogP contribution in [0.2, 0.25) is 0 Å². The molecule has 4 nitrogen and oxygen atoms in total. The van der Waals surface area contributed by atoms with Gasteiger partial charge in [0.2, 0.25) is 0 Å². The van der Waals surface area contributed by atoms with E-state index in [0.717, 1.165) is 4.90 Å². The molecular weight excluding hydrogens is 170 g/mol. The first-order valence-corrected chi connectivity index (χ1v) is 3.99. The summed E-state index contributed by atoms with van der Waals surface area (Å²) >= 11 is 0. The highest BCUT2D eigenvalue weighted by molar-refractivity contribution is 5.65. The first-order chi connectivity index (χ1) is 6.11. The minimum Gasteiger partial charge on any atom is -0.465 e. The number of nitrogens with zero attached hydrogens (tertiary/aromatic N) is 1. The summed E-state index contributed by atoms with van der Waals surface area (Å²) < 4.78 is 0. The molecule has 0 aliphatic rings. The van der Waals surface area contributed by atoms with Gasteiger partial charge in [0.05, 0.1) is 12.6 Å². The van der Waals surface area contributed by atoms with Gasteiger partial charge >= 0.3 is 6.09 Å². The van der Waals surface area contributed by atoms with E-state index in [1.807, 2.05) is 0 Å². The molecule has 1 atom stereocenters. The van der Waals surface area contributed by atoms with Gasteiger partial charge in [0.1, 0.15) is 0 Å². The summed E-state index contributed by atoms with van der Waals surface area (Å²) in [5.41, 5.74) is 0. The van der Waals surface area contributed by atoms with Gasteiger partial charge in [0, 0.05) is 6.54 Å². The van der Waals surface area contributed by atoms with Crippen LogP contribution in [0.3, 0.4) is 0 Å². The molecule has 1 unspecified atom stereocenters. The number of aliphatic hydroxyl groups excluding tert-OH is 1. The monoisotopic (exact) mass is 185 g/mol. The average Bonchev–Trinajstić information content (AvgIpc) is 2.04. The van der Waals surface area contributed by atoms with Crippen LogP contribution in [0, 0.1) is 0 Å². The molecule has 2 N–H and O–H groups in total. The predicted octanol–water partition coefficient (Wildman–Crippen LogP) is 1.09. The van der Waals surface area contributed by atoms with Crippen LogP contribution in [-0.4, -0.2) is 40.4 Å². The van der Waals surface area contributed by atoms with Crippen molar-refractivity contribution in [1.29, 1.82) is 0 Å². The van der Waals surface area contributed by atoms with Crippen molar-refractivity contribution in [1.82, 2.24) is 4.90 Å². The third-order valence-corrected chi connectivity index (χ3v) is 1.49. The van der Waals surface area contributed by atoms with Gasteiger partial charge in [-0.2, -0.15) is 0 Å². The number of aliphatic hydroxyl groups is 1. The summed E-state index contributed by atoms with van der Waals surface area (Å²) in [6.45, 7) is 7.20. The Labute approximate surface area is 77.8 Å². The lowest BCUT2D eigenvalue weighted by atomic mass is 10.2. The molecule has 4 heteroatoms. The van der Waals surface area contributed by atoms with Crippen molar-refractivity contribution in [3.63, 3.8) is 0 Å². The molecule has 13 heavy (non-hydrogen) atoms. The molecule has 0 spiro atoms. The Morgan fingerprint density at radius 2 is 2.08 bits per heavy atom. The maximum absolute atomic E-state index is 10.6. The molecule has 0 saturated carbocycles. The van der Waals surface area contributed by atoms with Crippen LogP contribution in [0.25, 0.3) is 0 Å². The number of hydrogen-bond acceptors (Lipinski definition) is 2. The fraction of sp³-hybridized carbons (Fsp3) is 0.444. The lowest BCUT2D eigenvalue weighted by Gasteiger charge is -2.19. The topological polar surface area (TPSA) is 60.8 Å². The highest BCUT2D eigenvalue weighted by atomic mass is 16.4. The molecule has 0 aromatic rings. The van der Waals surface area contributed by atoms with Crippen molar-refractivity contribution in [2.75, 3.05) is 13.1 Å². The van der Waals surface area contributed by atoms with Gasteiger partial charge in [-0.25, -0.2) is 4.79 Å². The second kappa shape index (κ2) is 6.25. The first kappa shape index (κ1) is 11.7. The van der Waals surface area contributed by atoms with Crippen LogP contribution >= 0.6 is 0 Å². The fourth-order valence-electron chi connectivity index (χ4n) is 0.908. The van der Waals surface area contributed by atoms with Crippen LogP contribution in [0.15, 0.2) is 25.3 Å². The second-order valence-electron chi connectivity index (χ2n) is 2.65. The van der Waals surface area contributed by atoms with Crippen LogP contribution in [-0.2, 0) is 0 Å². The Balaban J connectivity index is 4.00. The summed E-state index contributed by atoms with van der Waals surface area (Å²) in [6, 6.07) is 0. The van der Waals surface area contributed by atoms with E-state index in [1.54, 1.807) is 6.08 Å². The van der Waals surface area contributed by atoms with Crippen molar-refractivity contribution in [3.8, 4) is 0 Å². The van der Waals surface area contributed by atoms with Gasteiger partial charge < -0.3 is 15.1 Å². The van der Waals surface area contributed by atoms with E-state index in [-0.39, 0.29) is 13.1 Å². The number of carboxylic acid groups (broad SMARTS) is 1. The van der Waals surface area contributed by atoms with Gasteiger partial charge in [-0.05, 0) is 6.42 Å². The third-order valence-electron chi connectivity index (χ3n) is 1.49. The molecule has 0 bridgehead atoms. The summed E-state index contributed by atoms with van der Waals surface area (Å²) in [5, 5.41) is 17.9. The highest BCUT2D eigenvalue weighted by Crippen LogP contribution is 1.98. The molecule has 0 aliphatic carbocycles. The van der Waals surface area contributed by atoms with E-state index in [9.17, 15) is 9.90 Å². The Kier molecular flexibility index (Phi) is 5.63. The third kappa shape index (κ3) is 5.03. The quantitative estimate of drug-likeness (QED) is 0.609. The van der Waals surface area contributed by atoms with Gasteiger partial charge in [-0.15, -0.1) is 13.2 Å².